The van der Waals surface area contributed by atoms with Crippen molar-refractivity contribution in [1.29, 1.82) is 0 Å². The Kier molecular flexibility index (Phi) is 6.18. The van der Waals surface area contributed by atoms with E-state index in [1.165, 1.54) is 31.4 Å². The molecule has 0 unspecified atom stereocenters. The van der Waals surface area contributed by atoms with Crippen molar-refractivity contribution in [3.05, 3.63) is 70.2 Å². The predicted molar refractivity (Wildman–Crippen MR) is 128 cm³/mol. The lowest BCUT2D eigenvalue weighted by Crippen LogP contribution is -2.09. The van der Waals surface area contributed by atoms with Gasteiger partial charge in [-0.1, -0.05) is 69.6 Å². The molecule has 0 fully saturated rings. The Hall–Kier alpha value is -1.86. The average molecular weight is 553 g/mol. The van der Waals surface area contributed by atoms with E-state index in [4.69, 9.17) is 78.8 Å². The molecule has 164 valence electrons. The molecule has 4 rings (SSSR count). The Morgan fingerprint density at radius 3 is 2.22 bits per heavy atom. The van der Waals surface area contributed by atoms with Gasteiger partial charge in [0.25, 0.3) is 0 Å². The first-order valence-electron chi connectivity index (χ1n) is 8.60. The van der Waals surface area contributed by atoms with Crippen LogP contribution in [0.5, 0.6) is 5.75 Å². The average Bonchev–Trinajstić information content (AvgIpc) is 2.76. The van der Waals surface area contributed by atoms with E-state index in [0.29, 0.717) is 0 Å². The molecule has 1 aliphatic heterocycles. The summed E-state index contributed by atoms with van der Waals surface area (Å²) in [5, 5.41) is 9.74. The zero-order valence-corrected chi connectivity index (χ0v) is 20.2. The van der Waals surface area contributed by atoms with Crippen LogP contribution in [0.15, 0.2) is 33.5 Å². The maximum absolute atomic E-state index is 12.6. The van der Waals surface area contributed by atoms with Crippen LogP contribution in [0, 0.1) is 0 Å². The van der Waals surface area contributed by atoms with E-state index >= 15 is 0 Å². The second-order valence-corrected chi connectivity index (χ2v) is 8.91. The first kappa shape index (κ1) is 23.3. The third-order valence-electron chi connectivity index (χ3n) is 4.77. The highest BCUT2D eigenvalue weighted by molar-refractivity contribution is 6.43. The van der Waals surface area contributed by atoms with Crippen LogP contribution in [0.4, 0.5) is 0 Å². The summed E-state index contributed by atoms with van der Waals surface area (Å²) >= 11 is 37.6. The van der Waals surface area contributed by atoms with Crippen LogP contribution in [0.3, 0.4) is 0 Å². The lowest BCUT2D eigenvalue weighted by molar-refractivity contribution is 0.0602. The van der Waals surface area contributed by atoms with Gasteiger partial charge in [-0.05, 0) is 24.3 Å². The fourth-order valence-corrected chi connectivity index (χ4v) is 4.84. The maximum Gasteiger partial charge on any atom is 0.340 e. The molecule has 1 heterocycles. The molecule has 2 aromatic carbocycles. The zero-order valence-electron chi connectivity index (χ0n) is 15.7. The summed E-state index contributed by atoms with van der Waals surface area (Å²) in [5.74, 6) is -1.32. The number of aromatic hydroxyl groups is 1. The molecule has 1 aliphatic carbocycles. The number of esters is 1. The molecule has 2 aromatic rings. The number of hydrogen-bond acceptors (Lipinski definition) is 5. The second-order valence-electron chi connectivity index (χ2n) is 6.52. The highest BCUT2D eigenvalue weighted by Gasteiger charge is 2.30. The van der Waals surface area contributed by atoms with E-state index in [9.17, 15) is 14.7 Å². The summed E-state index contributed by atoms with van der Waals surface area (Å²) in [6.07, 6.45) is 0. The van der Waals surface area contributed by atoms with Gasteiger partial charge in [-0.2, -0.15) is 0 Å². The van der Waals surface area contributed by atoms with Crippen LogP contribution >= 0.6 is 69.6 Å². The topological polar surface area (TPSA) is 76.7 Å². The van der Waals surface area contributed by atoms with Crippen LogP contribution in [0.25, 0.3) is 33.4 Å². The normalized spacial score (nSPS) is 11.3. The molecule has 2 aliphatic rings. The molecule has 0 saturated carbocycles. The van der Waals surface area contributed by atoms with Gasteiger partial charge >= 0.3 is 5.97 Å². The van der Waals surface area contributed by atoms with Gasteiger partial charge in [-0.25, -0.2) is 4.79 Å². The van der Waals surface area contributed by atoms with Crippen molar-refractivity contribution in [2.24, 2.45) is 0 Å². The van der Waals surface area contributed by atoms with Crippen molar-refractivity contribution in [3.63, 3.8) is 0 Å². The fourth-order valence-electron chi connectivity index (χ4n) is 3.36. The second kappa shape index (κ2) is 8.49. The minimum absolute atomic E-state index is 0.0481. The van der Waals surface area contributed by atoms with Crippen molar-refractivity contribution < 1.29 is 19.1 Å². The number of rotatable bonds is 2. The number of carbonyl (C=O) groups is 1. The Morgan fingerprint density at radius 2 is 1.56 bits per heavy atom. The molecular formula is C21H8Cl6O5. The molecule has 0 radical (unpaired) electrons. The molecule has 11 heteroatoms. The third kappa shape index (κ3) is 3.48. The lowest BCUT2D eigenvalue weighted by Gasteiger charge is -2.20. The number of ether oxygens (including phenoxy) is 1. The number of halogens is 6. The molecule has 0 atom stereocenters. The van der Waals surface area contributed by atoms with Gasteiger partial charge in [-0.15, -0.1) is 0 Å². The van der Waals surface area contributed by atoms with Gasteiger partial charge < -0.3 is 14.3 Å². The van der Waals surface area contributed by atoms with Crippen molar-refractivity contribution in [2.75, 3.05) is 7.11 Å². The quantitative estimate of drug-likeness (QED) is 0.201. The van der Waals surface area contributed by atoms with Crippen LogP contribution in [0.2, 0.25) is 30.1 Å². The minimum atomic E-state index is -0.775. The van der Waals surface area contributed by atoms with Crippen LogP contribution in [0.1, 0.15) is 10.4 Å². The summed E-state index contributed by atoms with van der Waals surface area (Å²) < 4.78 is 10.7. The molecule has 0 spiro atoms. The maximum atomic E-state index is 12.6. The molecule has 0 bridgehead atoms. The van der Waals surface area contributed by atoms with Crippen molar-refractivity contribution in [1.82, 2.24) is 0 Å². The molecule has 0 amide bonds. The fraction of sp³-hybridized carbons (Fsp3) is 0.0476. The molecule has 0 saturated heterocycles. The molecular weight excluding hydrogens is 545 g/mol. The monoisotopic (exact) mass is 550 g/mol. The van der Waals surface area contributed by atoms with Crippen molar-refractivity contribution >= 4 is 86.5 Å². The molecule has 5 nitrogen and oxygen atoms in total. The van der Waals surface area contributed by atoms with E-state index in [1.807, 2.05) is 0 Å². The number of carbonyl (C=O) groups excluding carboxylic acids is 1. The third-order valence-corrected chi connectivity index (χ3v) is 6.66. The number of phenolic OH excluding ortho intramolecular Hbond substituents is 1. The summed E-state index contributed by atoms with van der Waals surface area (Å²) in [5.41, 5.74) is -0.211. The van der Waals surface area contributed by atoms with E-state index in [-0.39, 0.29) is 69.1 Å². The van der Waals surface area contributed by atoms with E-state index in [0.717, 1.165) is 0 Å². The lowest BCUT2D eigenvalue weighted by atomic mass is 9.90. The van der Waals surface area contributed by atoms with E-state index in [2.05, 4.69) is 0 Å². The predicted octanol–water partition coefficient (Wildman–Crippen LogP) is 7.98. The number of hydrogen-bond donors (Lipinski definition) is 1. The Morgan fingerprint density at radius 1 is 0.906 bits per heavy atom. The number of methoxy groups -OCH3 is 1. The molecule has 32 heavy (non-hydrogen) atoms. The van der Waals surface area contributed by atoms with Gasteiger partial charge in [0.2, 0.25) is 5.43 Å². The van der Waals surface area contributed by atoms with E-state index in [1.54, 1.807) is 0 Å². The van der Waals surface area contributed by atoms with Crippen LogP contribution in [-0.4, -0.2) is 18.2 Å². The van der Waals surface area contributed by atoms with Crippen molar-refractivity contribution in [2.45, 2.75) is 0 Å². The Balaban J connectivity index is 2.37. The van der Waals surface area contributed by atoms with Crippen LogP contribution in [-0.2, 0) is 4.74 Å². The molecule has 1 N–H and O–H groups in total. The smallest absolute Gasteiger partial charge is 0.340 e. The Bertz CT molecular complexity index is 1480. The standard InChI is InChI=1S/C21H8Cl6O5/c1-31-21(30)14-9(23)3-2-8(22)13(14)12-6-4-10(24)17(28)15(26)19(6)32-20-7(12)5-11(25)18(29)16(20)27/h2-5,28H,1H3. The Labute approximate surface area is 210 Å². The van der Waals surface area contributed by atoms with Gasteiger partial charge in [0.1, 0.15) is 10.0 Å². The summed E-state index contributed by atoms with van der Waals surface area (Å²) in [4.78, 5) is 25.0. The van der Waals surface area contributed by atoms with Gasteiger partial charge in [0.15, 0.2) is 17.1 Å². The van der Waals surface area contributed by atoms with Gasteiger partial charge in [0, 0.05) is 27.1 Å². The highest BCUT2D eigenvalue weighted by Crippen LogP contribution is 2.51. The first-order valence-corrected chi connectivity index (χ1v) is 10.9. The SMILES string of the molecule is COC(=O)c1c(Cl)ccc(Cl)c1-c1c2cc(Cl)c(=O)c(Cl)c-2oc2c(Cl)c(O)c(Cl)cc12. The van der Waals surface area contributed by atoms with E-state index < -0.39 is 17.1 Å². The summed E-state index contributed by atoms with van der Waals surface area (Å²) in [6, 6.07) is 5.58. The highest BCUT2D eigenvalue weighted by atomic mass is 35.5. The van der Waals surface area contributed by atoms with Crippen LogP contribution < -0.4 is 5.43 Å². The number of benzene rings is 3. The summed E-state index contributed by atoms with van der Waals surface area (Å²) in [7, 11) is 1.18. The van der Waals surface area contributed by atoms with Gasteiger partial charge in [0.05, 0.1) is 27.7 Å². The molecule has 0 aromatic heterocycles. The zero-order chi connectivity index (χ0) is 23.5. The van der Waals surface area contributed by atoms with Crippen molar-refractivity contribution in [3.8, 4) is 28.2 Å². The summed E-state index contributed by atoms with van der Waals surface area (Å²) in [6.45, 7) is 0. The van der Waals surface area contributed by atoms with Gasteiger partial charge in [-0.3, -0.25) is 4.79 Å². The number of fused-ring (bicyclic) bond motifs is 2. The number of phenols is 1. The first-order chi connectivity index (χ1) is 15.1. The minimum Gasteiger partial charge on any atom is -0.505 e. The largest absolute Gasteiger partial charge is 0.505 e.